The summed E-state index contributed by atoms with van der Waals surface area (Å²) in [6, 6.07) is 5.12. The summed E-state index contributed by atoms with van der Waals surface area (Å²) < 4.78 is 5.86. The summed E-state index contributed by atoms with van der Waals surface area (Å²) in [5.41, 5.74) is 2.40. The first kappa shape index (κ1) is 17.6. The van der Waals surface area contributed by atoms with Crippen LogP contribution in [0.2, 0.25) is 5.02 Å². The van der Waals surface area contributed by atoms with Gasteiger partial charge in [0, 0.05) is 42.7 Å². The summed E-state index contributed by atoms with van der Waals surface area (Å²) in [5.74, 6) is 1.02. The molecule has 4 heterocycles. The van der Waals surface area contributed by atoms with Gasteiger partial charge in [-0.25, -0.2) is 4.79 Å². The van der Waals surface area contributed by atoms with Crippen molar-refractivity contribution in [3.05, 3.63) is 28.3 Å². The standard InChI is InChI=1S/C20H27ClN4O2/c21-15-9-13-4-8-27-19(13)14(10-15)11-24-7-3-18-17(12-24)23-20(26)25(18)16-1-5-22-6-2-16/h9-10,16-18,22H,1-8,11-12H2,(H,23,26). The Labute approximate surface area is 165 Å². The van der Waals surface area contributed by atoms with E-state index in [1.165, 1.54) is 11.1 Å². The van der Waals surface area contributed by atoms with Gasteiger partial charge in [0.25, 0.3) is 0 Å². The second-order valence-corrected chi connectivity index (χ2v) is 8.62. The minimum atomic E-state index is 0.130. The minimum Gasteiger partial charge on any atom is -0.493 e. The Kier molecular flexibility index (Phi) is 4.66. The molecule has 0 aromatic heterocycles. The van der Waals surface area contributed by atoms with Crippen LogP contribution in [0.1, 0.15) is 30.4 Å². The molecule has 4 aliphatic heterocycles. The number of carbonyl (C=O) groups excluding carboxylic acids is 1. The van der Waals surface area contributed by atoms with E-state index in [0.29, 0.717) is 12.1 Å². The molecule has 3 saturated heterocycles. The third kappa shape index (κ3) is 3.28. The SMILES string of the molecule is O=C1NC2CN(Cc3cc(Cl)cc4c3OCC4)CCC2N1C1CCNCC1. The zero-order valence-electron chi connectivity index (χ0n) is 15.5. The Morgan fingerprint density at radius 3 is 2.93 bits per heavy atom. The Morgan fingerprint density at radius 2 is 2.07 bits per heavy atom. The van der Waals surface area contributed by atoms with Gasteiger partial charge in [0.05, 0.1) is 18.7 Å². The third-order valence-electron chi connectivity index (χ3n) is 6.48. The van der Waals surface area contributed by atoms with Gasteiger partial charge in [-0.2, -0.15) is 0 Å². The second kappa shape index (κ2) is 7.15. The van der Waals surface area contributed by atoms with E-state index in [2.05, 4.69) is 20.4 Å². The van der Waals surface area contributed by atoms with Crippen molar-refractivity contribution in [3.63, 3.8) is 0 Å². The van der Waals surface area contributed by atoms with Crippen LogP contribution in [0.25, 0.3) is 0 Å². The van der Waals surface area contributed by atoms with Gasteiger partial charge in [-0.15, -0.1) is 0 Å². The topological polar surface area (TPSA) is 56.8 Å². The van der Waals surface area contributed by atoms with Gasteiger partial charge in [0.2, 0.25) is 0 Å². The van der Waals surface area contributed by atoms with E-state index >= 15 is 0 Å². The number of nitrogens with zero attached hydrogens (tertiary/aromatic N) is 2. The fourth-order valence-electron chi connectivity index (χ4n) is 5.24. The van der Waals surface area contributed by atoms with E-state index in [-0.39, 0.29) is 12.1 Å². The number of hydrogen-bond acceptors (Lipinski definition) is 4. The van der Waals surface area contributed by atoms with Crippen molar-refractivity contribution in [2.75, 3.05) is 32.8 Å². The number of amides is 2. The fraction of sp³-hybridized carbons (Fsp3) is 0.650. The molecular formula is C20H27ClN4O2. The highest BCUT2D eigenvalue weighted by atomic mass is 35.5. The van der Waals surface area contributed by atoms with E-state index in [9.17, 15) is 4.79 Å². The molecule has 3 fully saturated rings. The van der Waals surface area contributed by atoms with E-state index in [1.54, 1.807) is 0 Å². The van der Waals surface area contributed by atoms with Crippen LogP contribution in [-0.4, -0.2) is 66.7 Å². The first-order chi connectivity index (χ1) is 13.2. The normalized spacial score (nSPS) is 28.6. The van der Waals surface area contributed by atoms with Crippen LogP contribution in [0.15, 0.2) is 12.1 Å². The van der Waals surface area contributed by atoms with Gasteiger partial charge in [-0.05, 0) is 50.0 Å². The average molecular weight is 391 g/mol. The van der Waals surface area contributed by atoms with Crippen LogP contribution in [0, 0.1) is 0 Å². The number of ether oxygens (including phenoxy) is 1. The first-order valence-electron chi connectivity index (χ1n) is 10.1. The Morgan fingerprint density at radius 1 is 1.22 bits per heavy atom. The summed E-state index contributed by atoms with van der Waals surface area (Å²) in [7, 11) is 0. The fourth-order valence-corrected chi connectivity index (χ4v) is 5.50. The molecule has 1 aromatic rings. The number of halogens is 1. The second-order valence-electron chi connectivity index (χ2n) is 8.19. The summed E-state index contributed by atoms with van der Waals surface area (Å²) in [6.45, 7) is 5.48. The van der Waals surface area contributed by atoms with Crippen molar-refractivity contribution in [3.8, 4) is 5.75 Å². The minimum absolute atomic E-state index is 0.130. The van der Waals surface area contributed by atoms with E-state index in [0.717, 1.165) is 75.8 Å². The van der Waals surface area contributed by atoms with Crippen LogP contribution in [0.5, 0.6) is 5.75 Å². The van der Waals surface area contributed by atoms with Crippen molar-refractivity contribution >= 4 is 17.6 Å². The summed E-state index contributed by atoms with van der Waals surface area (Å²) in [4.78, 5) is 17.2. The highest BCUT2D eigenvalue weighted by Crippen LogP contribution is 2.35. The maximum Gasteiger partial charge on any atom is 0.318 e. The summed E-state index contributed by atoms with van der Waals surface area (Å²) in [5, 5.41) is 7.43. The predicted molar refractivity (Wildman–Crippen MR) is 104 cm³/mol. The highest BCUT2D eigenvalue weighted by molar-refractivity contribution is 6.30. The number of carbonyl (C=O) groups is 1. The number of hydrogen-bond donors (Lipinski definition) is 2. The van der Waals surface area contributed by atoms with Crippen LogP contribution >= 0.6 is 11.6 Å². The Bertz CT molecular complexity index is 737. The van der Waals surface area contributed by atoms with E-state index in [4.69, 9.17) is 16.3 Å². The van der Waals surface area contributed by atoms with Gasteiger partial charge in [-0.3, -0.25) is 4.90 Å². The molecular weight excluding hydrogens is 364 g/mol. The molecule has 2 N–H and O–H groups in total. The van der Waals surface area contributed by atoms with Gasteiger partial charge >= 0.3 is 6.03 Å². The van der Waals surface area contributed by atoms with Crippen LogP contribution in [-0.2, 0) is 13.0 Å². The van der Waals surface area contributed by atoms with Gasteiger partial charge in [0.15, 0.2) is 0 Å². The molecule has 7 heteroatoms. The number of rotatable bonds is 3. The molecule has 0 spiro atoms. The lowest BCUT2D eigenvalue weighted by atomic mass is 9.95. The van der Waals surface area contributed by atoms with Crippen LogP contribution in [0.4, 0.5) is 4.79 Å². The van der Waals surface area contributed by atoms with Crippen LogP contribution < -0.4 is 15.4 Å². The Balaban J connectivity index is 1.28. The largest absolute Gasteiger partial charge is 0.493 e. The molecule has 4 aliphatic rings. The molecule has 146 valence electrons. The maximum absolute atomic E-state index is 12.6. The lowest BCUT2D eigenvalue weighted by Gasteiger charge is -2.40. The highest BCUT2D eigenvalue weighted by Gasteiger charge is 2.45. The van der Waals surface area contributed by atoms with Crippen molar-refractivity contribution < 1.29 is 9.53 Å². The predicted octanol–water partition coefficient (Wildman–Crippen LogP) is 1.99. The van der Waals surface area contributed by atoms with Crippen molar-refractivity contribution in [2.45, 2.75) is 50.4 Å². The average Bonchev–Trinajstić information content (AvgIpc) is 3.25. The van der Waals surface area contributed by atoms with Crippen LogP contribution in [0.3, 0.4) is 0 Å². The molecule has 2 unspecified atom stereocenters. The molecule has 0 bridgehead atoms. The smallest absolute Gasteiger partial charge is 0.318 e. The molecule has 27 heavy (non-hydrogen) atoms. The molecule has 1 aromatic carbocycles. The molecule has 0 aliphatic carbocycles. The zero-order chi connectivity index (χ0) is 18.4. The number of likely N-dealkylation sites (tertiary alicyclic amines) is 1. The van der Waals surface area contributed by atoms with Crippen molar-refractivity contribution in [2.24, 2.45) is 0 Å². The lowest BCUT2D eigenvalue weighted by Crippen LogP contribution is -2.53. The van der Waals surface area contributed by atoms with Gasteiger partial charge < -0.3 is 20.3 Å². The molecule has 6 nitrogen and oxygen atoms in total. The van der Waals surface area contributed by atoms with Crippen molar-refractivity contribution in [1.29, 1.82) is 0 Å². The molecule has 5 rings (SSSR count). The zero-order valence-corrected chi connectivity index (χ0v) is 16.3. The molecule has 0 saturated carbocycles. The van der Waals surface area contributed by atoms with Gasteiger partial charge in [0.1, 0.15) is 5.75 Å². The number of piperidine rings is 2. The van der Waals surface area contributed by atoms with E-state index in [1.807, 2.05) is 12.1 Å². The summed E-state index contributed by atoms with van der Waals surface area (Å²) >= 11 is 6.32. The molecule has 2 atom stereocenters. The molecule has 2 amide bonds. The Hall–Kier alpha value is -1.50. The maximum atomic E-state index is 12.6. The first-order valence-corrected chi connectivity index (χ1v) is 10.5. The third-order valence-corrected chi connectivity index (χ3v) is 6.70. The number of urea groups is 1. The number of nitrogens with one attached hydrogen (secondary N) is 2. The van der Waals surface area contributed by atoms with Gasteiger partial charge in [-0.1, -0.05) is 11.6 Å². The quantitative estimate of drug-likeness (QED) is 0.828. The van der Waals surface area contributed by atoms with E-state index < -0.39 is 0 Å². The number of benzene rings is 1. The van der Waals surface area contributed by atoms with Crippen molar-refractivity contribution in [1.82, 2.24) is 20.4 Å². The monoisotopic (exact) mass is 390 g/mol. The number of fused-ring (bicyclic) bond motifs is 2. The molecule has 0 radical (unpaired) electrons. The summed E-state index contributed by atoms with van der Waals surface area (Å²) in [6.07, 6.45) is 4.09. The lowest BCUT2D eigenvalue weighted by molar-refractivity contribution is 0.103.